The van der Waals surface area contributed by atoms with Crippen molar-refractivity contribution in [1.82, 2.24) is 10.2 Å². The summed E-state index contributed by atoms with van der Waals surface area (Å²) in [4.78, 5) is 26.4. The third-order valence-corrected chi connectivity index (χ3v) is 4.29. The van der Waals surface area contributed by atoms with E-state index >= 15 is 0 Å². The molecule has 138 valence electrons. The highest BCUT2D eigenvalue weighted by Crippen LogP contribution is 2.22. The molecule has 0 bridgehead atoms. The molecule has 2 amide bonds. The highest BCUT2D eigenvalue weighted by Gasteiger charge is 2.34. The van der Waals surface area contributed by atoms with Crippen LogP contribution in [0.25, 0.3) is 0 Å². The first-order chi connectivity index (χ1) is 11.7. The van der Waals surface area contributed by atoms with Gasteiger partial charge in [0, 0.05) is 23.7 Å². The number of nitrogens with zero attached hydrogens (tertiary/aromatic N) is 1. The maximum Gasteiger partial charge on any atom is 0.410 e. The van der Waals surface area contributed by atoms with Crippen molar-refractivity contribution in [1.29, 1.82) is 0 Å². The Balaban J connectivity index is 2.04. The van der Waals surface area contributed by atoms with Gasteiger partial charge in [-0.3, -0.25) is 9.69 Å². The van der Waals surface area contributed by atoms with Crippen molar-refractivity contribution in [3.8, 4) is 0 Å². The van der Waals surface area contributed by atoms with Gasteiger partial charge in [0.15, 0.2) is 0 Å². The number of nitrogens with one attached hydrogen (secondary N) is 1. The van der Waals surface area contributed by atoms with Crippen LogP contribution in [-0.4, -0.2) is 35.1 Å². The number of benzene rings is 1. The number of hydrogen-bond donors (Lipinski definition) is 1. The number of amides is 2. The quantitative estimate of drug-likeness (QED) is 0.878. The number of ether oxygens (including phenoxy) is 1. The van der Waals surface area contributed by atoms with E-state index in [2.05, 4.69) is 5.32 Å². The second kappa shape index (κ2) is 8.04. The van der Waals surface area contributed by atoms with E-state index < -0.39 is 23.6 Å². The summed E-state index contributed by atoms with van der Waals surface area (Å²) in [5.41, 5.74) is -0.395. The lowest BCUT2D eigenvalue weighted by Gasteiger charge is -2.35. The molecule has 1 saturated heterocycles. The molecule has 1 heterocycles. The second-order valence-corrected chi connectivity index (χ2v) is 7.51. The molecule has 7 heteroatoms. The molecule has 5 nitrogen and oxygen atoms in total. The summed E-state index contributed by atoms with van der Waals surface area (Å²) in [5.74, 6) is -0.801. The van der Waals surface area contributed by atoms with Crippen molar-refractivity contribution in [2.24, 2.45) is 0 Å². The maximum absolute atomic E-state index is 13.8. The first kappa shape index (κ1) is 19.5. The number of carbonyl (C=O) groups excluding carboxylic acids is 2. The summed E-state index contributed by atoms with van der Waals surface area (Å²) in [7, 11) is 0. The molecule has 1 atom stereocenters. The molecule has 1 aromatic rings. The maximum atomic E-state index is 13.8. The van der Waals surface area contributed by atoms with Gasteiger partial charge in [-0.15, -0.1) is 0 Å². The number of likely N-dealkylation sites (tertiary alicyclic amines) is 1. The Bertz CT molecular complexity index is 625. The van der Waals surface area contributed by atoms with Gasteiger partial charge in [0.25, 0.3) is 0 Å². The Morgan fingerprint density at radius 1 is 1.36 bits per heavy atom. The molecular formula is C18H24ClFN2O3. The third kappa shape index (κ3) is 5.33. The van der Waals surface area contributed by atoms with E-state index in [9.17, 15) is 14.0 Å². The Labute approximate surface area is 152 Å². The minimum absolute atomic E-state index is 0.0248. The highest BCUT2D eigenvalue weighted by molar-refractivity contribution is 6.31. The van der Waals surface area contributed by atoms with Crippen LogP contribution in [0, 0.1) is 5.82 Å². The van der Waals surface area contributed by atoms with E-state index in [0.717, 1.165) is 12.8 Å². The van der Waals surface area contributed by atoms with E-state index in [1.165, 1.54) is 17.0 Å². The lowest BCUT2D eigenvalue weighted by Crippen LogP contribution is -2.53. The Kier molecular flexibility index (Phi) is 6.27. The first-order valence-corrected chi connectivity index (χ1v) is 8.77. The van der Waals surface area contributed by atoms with E-state index in [-0.39, 0.29) is 23.0 Å². The standard InChI is InChI=1S/C18H24ClFN2O3/c1-18(2,3)25-17(24)22-10-5-4-9-15(22)16(23)21-11-12-13(19)7-6-8-14(12)20/h6-8,15H,4-5,9-11H2,1-3H3,(H,21,23)/t15-/m0/s1. The average molecular weight is 371 g/mol. The van der Waals surface area contributed by atoms with Gasteiger partial charge in [0.1, 0.15) is 17.5 Å². The SMILES string of the molecule is CC(C)(C)OC(=O)N1CCCC[C@H]1C(=O)NCc1c(F)cccc1Cl. The smallest absolute Gasteiger partial charge is 0.410 e. The number of hydrogen-bond acceptors (Lipinski definition) is 3. The topological polar surface area (TPSA) is 58.6 Å². The van der Waals surface area contributed by atoms with Crippen molar-refractivity contribution < 1.29 is 18.7 Å². The van der Waals surface area contributed by atoms with Crippen LogP contribution in [0.1, 0.15) is 45.6 Å². The van der Waals surface area contributed by atoms with Crippen molar-refractivity contribution >= 4 is 23.6 Å². The molecular weight excluding hydrogens is 347 g/mol. The monoisotopic (exact) mass is 370 g/mol. The Morgan fingerprint density at radius 2 is 2.08 bits per heavy atom. The van der Waals surface area contributed by atoms with E-state index in [1.807, 2.05) is 0 Å². The number of piperidine rings is 1. The van der Waals surface area contributed by atoms with Gasteiger partial charge in [0.2, 0.25) is 5.91 Å². The van der Waals surface area contributed by atoms with Crippen LogP contribution in [0.5, 0.6) is 0 Å². The fourth-order valence-corrected chi connectivity index (χ4v) is 2.97. The van der Waals surface area contributed by atoms with Crippen molar-refractivity contribution in [3.05, 3.63) is 34.6 Å². The minimum atomic E-state index is -0.629. The molecule has 1 aliphatic rings. The van der Waals surface area contributed by atoms with Crippen molar-refractivity contribution in [3.63, 3.8) is 0 Å². The molecule has 0 unspecified atom stereocenters. The van der Waals surface area contributed by atoms with Gasteiger partial charge >= 0.3 is 6.09 Å². The van der Waals surface area contributed by atoms with E-state index in [4.69, 9.17) is 16.3 Å². The van der Waals surface area contributed by atoms with Crippen molar-refractivity contribution in [2.45, 2.75) is 58.2 Å². The average Bonchev–Trinajstić information content (AvgIpc) is 2.52. The predicted molar refractivity (Wildman–Crippen MR) is 93.8 cm³/mol. The zero-order chi connectivity index (χ0) is 18.6. The summed E-state index contributed by atoms with van der Waals surface area (Å²) in [6, 6.07) is 3.75. The molecule has 0 saturated carbocycles. The van der Waals surface area contributed by atoms with Gasteiger partial charge in [-0.25, -0.2) is 9.18 Å². The predicted octanol–water partition coefficient (Wildman–Crippen LogP) is 3.88. The van der Waals surface area contributed by atoms with Gasteiger partial charge in [0.05, 0.1) is 0 Å². The van der Waals surface area contributed by atoms with E-state index in [0.29, 0.717) is 13.0 Å². The zero-order valence-corrected chi connectivity index (χ0v) is 15.5. The minimum Gasteiger partial charge on any atom is -0.444 e. The molecule has 25 heavy (non-hydrogen) atoms. The summed E-state index contributed by atoms with van der Waals surface area (Å²) in [6.07, 6.45) is 1.71. The van der Waals surface area contributed by atoms with Crippen LogP contribution in [0.4, 0.5) is 9.18 Å². The fraction of sp³-hybridized carbons (Fsp3) is 0.556. The molecule has 1 fully saturated rings. The molecule has 1 N–H and O–H groups in total. The van der Waals surface area contributed by atoms with Crippen LogP contribution < -0.4 is 5.32 Å². The van der Waals surface area contributed by atoms with Crippen LogP contribution in [-0.2, 0) is 16.1 Å². The normalized spacial score (nSPS) is 18.0. The third-order valence-electron chi connectivity index (χ3n) is 3.93. The zero-order valence-electron chi connectivity index (χ0n) is 14.8. The highest BCUT2D eigenvalue weighted by atomic mass is 35.5. The van der Waals surface area contributed by atoms with Gasteiger partial charge in [-0.05, 0) is 52.2 Å². The van der Waals surface area contributed by atoms with Gasteiger partial charge in [-0.2, -0.15) is 0 Å². The summed E-state index contributed by atoms with van der Waals surface area (Å²) < 4.78 is 19.2. The summed E-state index contributed by atoms with van der Waals surface area (Å²) >= 11 is 5.97. The van der Waals surface area contributed by atoms with Crippen LogP contribution in [0.2, 0.25) is 5.02 Å². The molecule has 0 aromatic heterocycles. The lowest BCUT2D eigenvalue weighted by molar-refractivity contribution is -0.127. The molecule has 0 radical (unpaired) electrons. The molecule has 0 aliphatic carbocycles. The number of carbonyl (C=O) groups is 2. The van der Waals surface area contributed by atoms with Crippen LogP contribution >= 0.6 is 11.6 Å². The second-order valence-electron chi connectivity index (χ2n) is 7.10. The summed E-state index contributed by atoms with van der Waals surface area (Å²) in [5, 5.41) is 2.94. The van der Waals surface area contributed by atoms with Crippen LogP contribution in [0.15, 0.2) is 18.2 Å². The molecule has 1 aliphatic heterocycles. The number of rotatable bonds is 3. The Morgan fingerprint density at radius 3 is 2.72 bits per heavy atom. The molecule has 2 rings (SSSR count). The summed E-state index contributed by atoms with van der Waals surface area (Å²) in [6.45, 7) is 5.79. The van der Waals surface area contributed by atoms with Gasteiger partial charge < -0.3 is 10.1 Å². The lowest BCUT2D eigenvalue weighted by atomic mass is 10.0. The molecule has 1 aromatic carbocycles. The first-order valence-electron chi connectivity index (χ1n) is 8.39. The van der Waals surface area contributed by atoms with Crippen LogP contribution in [0.3, 0.4) is 0 Å². The van der Waals surface area contributed by atoms with Crippen molar-refractivity contribution in [2.75, 3.05) is 6.54 Å². The van der Waals surface area contributed by atoms with Gasteiger partial charge in [-0.1, -0.05) is 17.7 Å². The number of halogens is 2. The largest absolute Gasteiger partial charge is 0.444 e. The fourth-order valence-electron chi connectivity index (χ4n) is 2.74. The molecule has 0 spiro atoms. The van der Waals surface area contributed by atoms with E-state index in [1.54, 1.807) is 26.8 Å². The Hall–Kier alpha value is -1.82.